The van der Waals surface area contributed by atoms with Gasteiger partial charge >= 0.3 is 0 Å². The van der Waals surface area contributed by atoms with Crippen molar-refractivity contribution in [3.63, 3.8) is 0 Å². The van der Waals surface area contributed by atoms with Gasteiger partial charge in [-0.15, -0.1) is 0 Å². The van der Waals surface area contributed by atoms with Crippen molar-refractivity contribution in [2.45, 2.75) is 45.2 Å². The molecule has 1 amide bonds. The van der Waals surface area contributed by atoms with Crippen molar-refractivity contribution in [1.82, 2.24) is 10.2 Å². The molecule has 0 aliphatic heterocycles. The summed E-state index contributed by atoms with van der Waals surface area (Å²) < 4.78 is 0. The van der Waals surface area contributed by atoms with E-state index in [2.05, 4.69) is 54.4 Å². The number of carbonyl (C=O) groups is 1. The van der Waals surface area contributed by atoms with Gasteiger partial charge in [-0.1, -0.05) is 43.3 Å². The molecule has 2 aromatic rings. The Morgan fingerprint density at radius 3 is 2.70 bits per heavy atom. The van der Waals surface area contributed by atoms with Crippen LogP contribution >= 0.6 is 0 Å². The summed E-state index contributed by atoms with van der Waals surface area (Å²) in [5, 5.41) is 12.2. The van der Waals surface area contributed by atoms with Gasteiger partial charge in [0.2, 0.25) is 5.91 Å². The third-order valence-corrected chi connectivity index (χ3v) is 5.53. The standard InChI is InChI=1S/C23H27N3O/c1-3-26(17(2)19-13-11-18(15-24)12-14-19)16-23(27)25-22-10-6-8-20-7-4-5-9-21(20)22/h4-5,7,9,11-14,17,22H,3,6,8,10,16H2,1-2H3,(H,25,27). The fourth-order valence-electron chi connectivity index (χ4n) is 3.90. The number of benzene rings is 2. The molecule has 4 nitrogen and oxygen atoms in total. The predicted molar refractivity (Wildman–Crippen MR) is 107 cm³/mol. The molecular weight excluding hydrogens is 334 g/mol. The Bertz CT molecular complexity index is 822. The maximum atomic E-state index is 12.7. The first-order valence-electron chi connectivity index (χ1n) is 9.73. The van der Waals surface area contributed by atoms with E-state index < -0.39 is 0 Å². The molecule has 0 heterocycles. The van der Waals surface area contributed by atoms with E-state index in [1.165, 1.54) is 11.1 Å². The molecule has 2 atom stereocenters. The number of nitrogens with zero attached hydrogens (tertiary/aromatic N) is 2. The van der Waals surface area contributed by atoms with Crippen molar-refractivity contribution in [3.05, 3.63) is 70.8 Å². The summed E-state index contributed by atoms with van der Waals surface area (Å²) >= 11 is 0. The van der Waals surface area contributed by atoms with Crippen LogP contribution in [-0.4, -0.2) is 23.9 Å². The fraction of sp³-hybridized carbons (Fsp3) is 0.391. The van der Waals surface area contributed by atoms with Crippen molar-refractivity contribution in [1.29, 1.82) is 5.26 Å². The minimum absolute atomic E-state index is 0.0686. The molecule has 4 heteroatoms. The highest BCUT2D eigenvalue weighted by atomic mass is 16.2. The van der Waals surface area contributed by atoms with Crippen LogP contribution < -0.4 is 5.32 Å². The number of rotatable bonds is 6. The molecule has 3 rings (SSSR count). The van der Waals surface area contributed by atoms with E-state index in [1.54, 1.807) is 0 Å². The first-order chi connectivity index (χ1) is 13.1. The molecule has 0 spiro atoms. The molecule has 0 bridgehead atoms. The van der Waals surface area contributed by atoms with Gasteiger partial charge in [0.15, 0.2) is 0 Å². The number of nitriles is 1. The van der Waals surface area contributed by atoms with E-state index in [-0.39, 0.29) is 18.0 Å². The second-order valence-electron chi connectivity index (χ2n) is 7.18. The monoisotopic (exact) mass is 361 g/mol. The maximum Gasteiger partial charge on any atom is 0.234 e. The maximum absolute atomic E-state index is 12.7. The van der Waals surface area contributed by atoms with Crippen LogP contribution in [0.4, 0.5) is 0 Å². The van der Waals surface area contributed by atoms with Gasteiger partial charge in [0.05, 0.1) is 24.2 Å². The van der Waals surface area contributed by atoms with Crippen molar-refractivity contribution in [2.75, 3.05) is 13.1 Å². The molecule has 0 saturated carbocycles. The molecule has 1 aliphatic rings. The number of hydrogen-bond donors (Lipinski definition) is 1. The average molecular weight is 361 g/mol. The zero-order chi connectivity index (χ0) is 19.2. The molecule has 0 radical (unpaired) electrons. The van der Waals surface area contributed by atoms with Crippen molar-refractivity contribution >= 4 is 5.91 Å². The summed E-state index contributed by atoms with van der Waals surface area (Å²) in [6.07, 6.45) is 3.21. The largest absolute Gasteiger partial charge is 0.348 e. The predicted octanol–water partition coefficient (Wildman–Crippen LogP) is 4.13. The Hall–Kier alpha value is -2.64. The molecule has 1 aliphatic carbocycles. The van der Waals surface area contributed by atoms with Crippen LogP contribution in [-0.2, 0) is 11.2 Å². The number of nitrogens with one attached hydrogen (secondary N) is 1. The summed E-state index contributed by atoms with van der Waals surface area (Å²) in [6.45, 7) is 5.34. The van der Waals surface area contributed by atoms with Crippen molar-refractivity contribution < 1.29 is 4.79 Å². The van der Waals surface area contributed by atoms with E-state index in [0.29, 0.717) is 12.1 Å². The topological polar surface area (TPSA) is 56.1 Å². The van der Waals surface area contributed by atoms with Crippen LogP contribution in [0.2, 0.25) is 0 Å². The van der Waals surface area contributed by atoms with Crippen LogP contribution in [0.3, 0.4) is 0 Å². The Morgan fingerprint density at radius 2 is 2.00 bits per heavy atom. The van der Waals surface area contributed by atoms with E-state index >= 15 is 0 Å². The Morgan fingerprint density at radius 1 is 1.26 bits per heavy atom. The van der Waals surface area contributed by atoms with E-state index in [1.807, 2.05) is 24.3 Å². The van der Waals surface area contributed by atoms with Gasteiger partial charge in [0.25, 0.3) is 0 Å². The lowest BCUT2D eigenvalue weighted by Crippen LogP contribution is -2.40. The third kappa shape index (κ3) is 4.56. The molecule has 1 N–H and O–H groups in total. The zero-order valence-corrected chi connectivity index (χ0v) is 16.1. The van der Waals surface area contributed by atoms with Gasteiger partial charge in [-0.25, -0.2) is 0 Å². The lowest BCUT2D eigenvalue weighted by molar-refractivity contribution is -0.123. The van der Waals surface area contributed by atoms with Gasteiger partial charge in [0, 0.05) is 6.04 Å². The number of likely N-dealkylation sites (N-methyl/N-ethyl adjacent to an activating group) is 1. The molecule has 140 valence electrons. The Labute approximate surface area is 161 Å². The van der Waals surface area contributed by atoms with Crippen LogP contribution in [0.25, 0.3) is 0 Å². The van der Waals surface area contributed by atoms with Gasteiger partial charge in [-0.3, -0.25) is 9.69 Å². The van der Waals surface area contributed by atoms with Crippen molar-refractivity contribution in [2.24, 2.45) is 0 Å². The summed E-state index contributed by atoms with van der Waals surface area (Å²) in [5.41, 5.74) is 4.39. The second-order valence-corrected chi connectivity index (χ2v) is 7.18. The average Bonchev–Trinajstić information content (AvgIpc) is 2.72. The van der Waals surface area contributed by atoms with Crippen molar-refractivity contribution in [3.8, 4) is 6.07 Å². The highest BCUT2D eigenvalue weighted by molar-refractivity contribution is 5.78. The smallest absolute Gasteiger partial charge is 0.234 e. The molecule has 27 heavy (non-hydrogen) atoms. The zero-order valence-electron chi connectivity index (χ0n) is 16.1. The number of carbonyl (C=O) groups excluding carboxylic acids is 1. The first-order valence-corrected chi connectivity index (χ1v) is 9.73. The molecule has 2 aromatic carbocycles. The van der Waals surface area contributed by atoms with Crippen LogP contribution in [0.5, 0.6) is 0 Å². The summed E-state index contributed by atoms with van der Waals surface area (Å²) in [4.78, 5) is 14.9. The number of hydrogen-bond acceptors (Lipinski definition) is 3. The lowest BCUT2D eigenvalue weighted by Gasteiger charge is -2.30. The fourth-order valence-corrected chi connectivity index (χ4v) is 3.90. The molecule has 0 aromatic heterocycles. The number of aryl methyl sites for hydroxylation is 1. The number of amides is 1. The SMILES string of the molecule is CCN(CC(=O)NC1CCCc2ccccc21)C(C)c1ccc(C#N)cc1. The number of fused-ring (bicyclic) bond motifs is 1. The van der Waals surface area contributed by atoms with Crippen LogP contribution in [0.1, 0.15) is 61.0 Å². The van der Waals surface area contributed by atoms with Gasteiger partial charge in [-0.05, 0) is 61.6 Å². The van der Waals surface area contributed by atoms with Gasteiger partial charge < -0.3 is 5.32 Å². The van der Waals surface area contributed by atoms with Gasteiger partial charge in [-0.2, -0.15) is 5.26 Å². The Kier molecular flexibility index (Phi) is 6.26. The minimum atomic E-state index is 0.0686. The molecule has 2 unspecified atom stereocenters. The van der Waals surface area contributed by atoms with Crippen LogP contribution in [0.15, 0.2) is 48.5 Å². The van der Waals surface area contributed by atoms with Crippen LogP contribution in [0, 0.1) is 11.3 Å². The first kappa shape index (κ1) is 19.1. The minimum Gasteiger partial charge on any atom is -0.348 e. The third-order valence-electron chi connectivity index (χ3n) is 5.53. The van der Waals surface area contributed by atoms with E-state index in [4.69, 9.17) is 5.26 Å². The highest BCUT2D eigenvalue weighted by Crippen LogP contribution is 2.29. The molecular formula is C23H27N3O. The lowest BCUT2D eigenvalue weighted by atomic mass is 9.88. The van der Waals surface area contributed by atoms with E-state index in [9.17, 15) is 4.79 Å². The summed E-state index contributed by atoms with van der Waals surface area (Å²) in [7, 11) is 0. The van der Waals surface area contributed by atoms with E-state index in [0.717, 1.165) is 31.4 Å². The summed E-state index contributed by atoms with van der Waals surface area (Å²) in [6, 6.07) is 18.4. The molecule has 0 saturated heterocycles. The Balaban J connectivity index is 1.64. The highest BCUT2D eigenvalue weighted by Gasteiger charge is 2.23. The second kappa shape index (κ2) is 8.83. The normalized spacial score (nSPS) is 17.0. The molecule has 0 fully saturated rings. The summed E-state index contributed by atoms with van der Waals surface area (Å²) in [5.74, 6) is 0.0686. The quantitative estimate of drug-likeness (QED) is 0.841. The van der Waals surface area contributed by atoms with Gasteiger partial charge in [0.1, 0.15) is 0 Å².